The van der Waals surface area contributed by atoms with Gasteiger partial charge in [0.2, 0.25) is 0 Å². The van der Waals surface area contributed by atoms with E-state index in [2.05, 4.69) is 72.8 Å². The van der Waals surface area contributed by atoms with Crippen LogP contribution in [0, 0.1) is 21.4 Å². The maximum Gasteiger partial charge on any atom is 0.293 e. The number of aromatic amines is 1. The molecule has 2 aliphatic heterocycles. The van der Waals surface area contributed by atoms with Gasteiger partial charge in [0.05, 0.1) is 33.8 Å². The Morgan fingerprint density at radius 1 is 1.00 bits per heavy atom. The Balaban J connectivity index is 0.895. The van der Waals surface area contributed by atoms with Crippen molar-refractivity contribution in [2.75, 3.05) is 69.7 Å². The molecule has 1 spiro atoms. The van der Waals surface area contributed by atoms with Gasteiger partial charge in [0.1, 0.15) is 22.8 Å². The Kier molecular flexibility index (Phi) is 14.1. The van der Waals surface area contributed by atoms with Crippen molar-refractivity contribution in [2.24, 2.45) is 11.3 Å². The third-order valence-electron chi connectivity index (χ3n) is 15.4. The summed E-state index contributed by atoms with van der Waals surface area (Å²) in [7, 11) is -2.81. The predicted molar refractivity (Wildman–Crippen MR) is 267 cm³/mol. The number of ether oxygens (including phenoxy) is 2. The first kappa shape index (κ1) is 48.4. The molecule has 2 aromatic heterocycles. The minimum absolute atomic E-state index is 0.0260. The molecule has 5 aromatic rings. The third-order valence-corrected chi connectivity index (χ3v) is 16.7. The second kappa shape index (κ2) is 20.0. The molecular formula is C52H66N8O8S. The van der Waals surface area contributed by atoms with Gasteiger partial charge in [-0.15, -0.1) is 0 Å². The van der Waals surface area contributed by atoms with Crippen molar-refractivity contribution in [3.05, 3.63) is 112 Å². The number of H-pyrrole nitrogens is 1. The molecule has 9 rings (SSSR count). The van der Waals surface area contributed by atoms with E-state index in [-0.39, 0.29) is 28.3 Å². The highest BCUT2D eigenvalue weighted by atomic mass is 32.2. The number of piperazine rings is 1. The van der Waals surface area contributed by atoms with Crippen LogP contribution < -0.4 is 19.7 Å². The molecule has 2 aliphatic carbocycles. The number of nitro benzene ring substituents is 1. The summed E-state index contributed by atoms with van der Waals surface area (Å²) < 4.78 is 41.6. The summed E-state index contributed by atoms with van der Waals surface area (Å²) in [4.78, 5) is 40.3. The van der Waals surface area contributed by atoms with Crippen LogP contribution in [0.25, 0.3) is 11.0 Å². The lowest BCUT2D eigenvalue weighted by Crippen LogP contribution is -2.60. The van der Waals surface area contributed by atoms with E-state index in [0.717, 1.165) is 102 Å². The molecule has 4 N–H and O–H groups in total. The number of aromatic nitrogens is 2. The lowest BCUT2D eigenvalue weighted by atomic mass is 9.59. The first-order valence-corrected chi connectivity index (χ1v) is 26.0. The summed E-state index contributed by atoms with van der Waals surface area (Å²) in [6, 6.07) is 22.2. The number of amides is 1. The van der Waals surface area contributed by atoms with E-state index in [1.165, 1.54) is 23.3 Å². The van der Waals surface area contributed by atoms with E-state index in [4.69, 9.17) is 9.47 Å². The van der Waals surface area contributed by atoms with Gasteiger partial charge in [-0.3, -0.25) is 24.7 Å². The van der Waals surface area contributed by atoms with E-state index >= 15 is 0 Å². The zero-order chi connectivity index (χ0) is 48.5. The van der Waals surface area contributed by atoms with E-state index in [1.807, 2.05) is 19.1 Å². The lowest BCUT2D eigenvalue weighted by Gasteiger charge is -2.58. The van der Waals surface area contributed by atoms with Crippen molar-refractivity contribution in [1.82, 2.24) is 24.5 Å². The first-order valence-electron chi connectivity index (χ1n) is 24.5. The summed E-state index contributed by atoms with van der Waals surface area (Å²) in [6.45, 7) is 13.2. The highest BCUT2D eigenvalue weighted by Crippen LogP contribution is 2.53. The van der Waals surface area contributed by atoms with Gasteiger partial charge in [0.15, 0.2) is 0 Å². The topological polar surface area (TPSA) is 195 Å². The van der Waals surface area contributed by atoms with Gasteiger partial charge in [0.25, 0.3) is 21.6 Å². The maximum atomic E-state index is 14.1. The van der Waals surface area contributed by atoms with Gasteiger partial charge in [-0.2, -0.15) is 0 Å². The average molecular weight is 963 g/mol. The van der Waals surface area contributed by atoms with Crippen LogP contribution in [0.15, 0.2) is 90.1 Å². The highest BCUT2D eigenvalue weighted by Gasteiger charge is 2.50. The standard InChI is InChI=1S/C52H66N8O8S/c1-35(2)42-7-5-6-8-43(42)47-34-57(25-26-67-4)23-24-59(47)39-30-52(31-39)18-21-58(22-19-52)38-9-11-44(48(28-38)68-40-27-37-15-20-53-49(37)55-33-40)50(61)56-69(65,66)41-10-12-45(46(29-41)60(63)64)54-32-36-13-16-51(3,62)17-14-36/h5-12,15,20,27-29,33,35-36,39,47,54,62H,13-14,16-19,21-26,30-32,34H2,1-4H3,(H,53,55)(H,56,61)/t36-,47-,51-/m1/s1. The molecule has 4 heterocycles. The largest absolute Gasteiger partial charge is 0.455 e. The third kappa shape index (κ3) is 10.8. The Bertz CT molecular complexity index is 2750. The van der Waals surface area contributed by atoms with Gasteiger partial charge in [-0.05, 0) is 123 Å². The molecule has 4 aliphatic rings. The molecule has 0 unspecified atom stereocenters. The molecule has 69 heavy (non-hydrogen) atoms. The number of benzene rings is 3. The number of piperidine rings is 1. The number of methoxy groups -OCH3 is 1. The molecule has 17 heteroatoms. The summed E-state index contributed by atoms with van der Waals surface area (Å²) in [5.74, 6) is 0.201. The maximum absolute atomic E-state index is 14.1. The average Bonchev–Trinajstić information content (AvgIpc) is 3.80. The minimum atomic E-state index is -4.58. The Hall–Kier alpha value is -5.59. The minimum Gasteiger partial charge on any atom is -0.455 e. The summed E-state index contributed by atoms with van der Waals surface area (Å²) in [5, 5.41) is 26.4. The number of hydrogen-bond acceptors (Lipinski definition) is 13. The smallest absolute Gasteiger partial charge is 0.293 e. The molecular weight excluding hydrogens is 897 g/mol. The van der Waals surface area contributed by atoms with Crippen LogP contribution >= 0.6 is 0 Å². The van der Waals surface area contributed by atoms with E-state index < -0.39 is 37.0 Å². The highest BCUT2D eigenvalue weighted by molar-refractivity contribution is 7.90. The van der Waals surface area contributed by atoms with Crippen molar-refractivity contribution in [3.63, 3.8) is 0 Å². The molecule has 0 bridgehead atoms. The molecule has 2 saturated heterocycles. The molecule has 4 fully saturated rings. The fourth-order valence-corrected chi connectivity index (χ4v) is 12.2. The van der Waals surface area contributed by atoms with Crippen LogP contribution in [-0.4, -0.2) is 115 Å². The number of nitrogens with one attached hydrogen (secondary N) is 3. The Morgan fingerprint density at radius 3 is 2.51 bits per heavy atom. The molecule has 3 aromatic carbocycles. The number of carbonyl (C=O) groups excluding carboxylic acids is 1. The molecule has 16 nitrogen and oxygen atoms in total. The second-order valence-corrected chi connectivity index (χ2v) is 22.1. The number of sulfonamides is 1. The number of hydrogen-bond donors (Lipinski definition) is 4. The number of aliphatic hydroxyl groups is 1. The fourth-order valence-electron chi connectivity index (χ4n) is 11.2. The number of rotatable bonds is 16. The zero-order valence-electron chi connectivity index (χ0n) is 40.2. The number of nitrogens with zero attached hydrogens (tertiary/aromatic N) is 5. The van der Waals surface area contributed by atoms with Crippen molar-refractivity contribution < 1.29 is 32.7 Å². The van der Waals surface area contributed by atoms with E-state index in [0.29, 0.717) is 48.8 Å². The summed E-state index contributed by atoms with van der Waals surface area (Å²) in [6.07, 6.45) is 10.5. The molecule has 0 radical (unpaired) electrons. The van der Waals surface area contributed by atoms with Crippen molar-refractivity contribution in [3.8, 4) is 11.5 Å². The Labute approximate surface area is 405 Å². The zero-order valence-corrected chi connectivity index (χ0v) is 41.0. The van der Waals surface area contributed by atoms with Crippen molar-refractivity contribution in [2.45, 2.75) is 101 Å². The van der Waals surface area contributed by atoms with Gasteiger partial charge in [-0.1, -0.05) is 38.1 Å². The number of anilines is 2. The number of pyridine rings is 1. The Morgan fingerprint density at radius 2 is 1.77 bits per heavy atom. The monoisotopic (exact) mass is 962 g/mol. The fraction of sp³-hybridized carbons (Fsp3) is 0.500. The van der Waals surface area contributed by atoms with Crippen molar-refractivity contribution in [1.29, 1.82) is 0 Å². The van der Waals surface area contributed by atoms with Crippen LogP contribution in [0.3, 0.4) is 0 Å². The van der Waals surface area contributed by atoms with Crippen LogP contribution in [0.5, 0.6) is 11.5 Å². The molecule has 2 saturated carbocycles. The number of fused-ring (bicyclic) bond motifs is 1. The number of nitro groups is 1. The SMILES string of the molecule is COCCN1CCN(C2CC3(CCN(c4ccc(C(=O)NS(=O)(=O)c5ccc(NC[C@H]6CC[C@](C)(O)CC6)c([N+](=O)[O-])c5)c(Oc5cnc6[nH]ccc6c5)c4)CC3)C2)[C@@H](c2ccccc2C(C)C)C1. The van der Waals surface area contributed by atoms with Crippen LogP contribution in [0.4, 0.5) is 17.1 Å². The van der Waals surface area contributed by atoms with Crippen molar-refractivity contribution >= 4 is 44.0 Å². The summed E-state index contributed by atoms with van der Waals surface area (Å²) in [5.41, 5.74) is 3.64. The van der Waals surface area contributed by atoms with Gasteiger partial charge >= 0.3 is 0 Å². The quantitative estimate of drug-likeness (QED) is 0.0543. The molecule has 1 amide bonds. The predicted octanol–water partition coefficient (Wildman–Crippen LogP) is 8.61. The van der Waals surface area contributed by atoms with Crippen LogP contribution in [-0.2, 0) is 14.8 Å². The summed E-state index contributed by atoms with van der Waals surface area (Å²) >= 11 is 0. The molecule has 1 atom stereocenters. The molecule has 368 valence electrons. The van der Waals surface area contributed by atoms with Gasteiger partial charge in [-0.25, -0.2) is 18.1 Å². The van der Waals surface area contributed by atoms with E-state index in [1.54, 1.807) is 37.7 Å². The second-order valence-electron chi connectivity index (χ2n) is 20.4. The van der Waals surface area contributed by atoms with Crippen LogP contribution in [0.2, 0.25) is 0 Å². The number of carbonyl (C=O) groups is 1. The first-order chi connectivity index (χ1) is 33.1. The normalized spacial score (nSPS) is 22.4. The lowest BCUT2D eigenvalue weighted by molar-refractivity contribution is -0.384. The van der Waals surface area contributed by atoms with Crippen LogP contribution in [0.1, 0.15) is 106 Å². The van der Waals surface area contributed by atoms with E-state index in [9.17, 15) is 28.4 Å². The van der Waals surface area contributed by atoms with Gasteiger partial charge in [0, 0.05) is 94.4 Å². The van der Waals surface area contributed by atoms with Gasteiger partial charge < -0.3 is 29.8 Å².